The number of halogens is 3. The van der Waals surface area contributed by atoms with E-state index in [0.717, 1.165) is 25.7 Å². The van der Waals surface area contributed by atoms with Crippen molar-refractivity contribution in [2.75, 3.05) is 38.0 Å². The summed E-state index contributed by atoms with van der Waals surface area (Å²) in [5.74, 6) is 5.39. The number of piperazine rings is 1. The van der Waals surface area contributed by atoms with Crippen LogP contribution in [-0.4, -0.2) is 68.0 Å². The number of rotatable bonds is 5. The van der Waals surface area contributed by atoms with Crippen molar-refractivity contribution in [3.8, 4) is 11.8 Å². The average molecular weight is 534 g/mol. The summed E-state index contributed by atoms with van der Waals surface area (Å²) >= 11 is 0. The Hall–Kier alpha value is -4.27. The molecule has 8 nitrogen and oxygen atoms in total. The Balaban J connectivity index is 1.30. The van der Waals surface area contributed by atoms with Gasteiger partial charge in [-0.2, -0.15) is 18.3 Å². The van der Waals surface area contributed by atoms with Crippen LogP contribution >= 0.6 is 0 Å². The molecule has 39 heavy (non-hydrogen) atoms. The molecule has 0 aliphatic carbocycles. The number of nitrogens with one attached hydrogen (secondary N) is 1. The van der Waals surface area contributed by atoms with Crippen molar-refractivity contribution in [2.45, 2.75) is 19.6 Å². The van der Waals surface area contributed by atoms with Gasteiger partial charge in [0, 0.05) is 62.4 Å². The molecule has 0 radical (unpaired) electrons. The van der Waals surface area contributed by atoms with E-state index in [4.69, 9.17) is 0 Å². The lowest BCUT2D eigenvalue weighted by Crippen LogP contribution is -2.45. The second kappa shape index (κ2) is 11.2. The third-order valence-corrected chi connectivity index (χ3v) is 6.58. The number of aromatic nitrogens is 4. The highest BCUT2D eigenvalue weighted by Gasteiger charge is 2.34. The molecule has 11 heteroatoms. The minimum absolute atomic E-state index is 0.0991. The first-order valence-electron chi connectivity index (χ1n) is 12.5. The molecule has 1 aliphatic heterocycles. The van der Waals surface area contributed by atoms with Crippen molar-refractivity contribution in [1.82, 2.24) is 29.4 Å². The second-order valence-electron chi connectivity index (χ2n) is 9.16. The van der Waals surface area contributed by atoms with Crippen LogP contribution in [0.3, 0.4) is 0 Å². The van der Waals surface area contributed by atoms with E-state index in [2.05, 4.69) is 44.0 Å². The number of anilines is 1. The van der Waals surface area contributed by atoms with Gasteiger partial charge < -0.3 is 10.2 Å². The molecule has 0 saturated carbocycles. The van der Waals surface area contributed by atoms with Crippen molar-refractivity contribution in [1.29, 1.82) is 0 Å². The second-order valence-corrected chi connectivity index (χ2v) is 9.16. The van der Waals surface area contributed by atoms with Crippen molar-refractivity contribution in [3.63, 3.8) is 0 Å². The van der Waals surface area contributed by atoms with Crippen molar-refractivity contribution in [3.05, 3.63) is 89.0 Å². The Morgan fingerprint density at radius 1 is 0.974 bits per heavy atom. The number of amides is 1. The van der Waals surface area contributed by atoms with E-state index in [1.54, 1.807) is 41.2 Å². The molecule has 0 unspecified atom stereocenters. The zero-order valence-electron chi connectivity index (χ0n) is 21.2. The number of pyridine rings is 1. The van der Waals surface area contributed by atoms with Crippen LogP contribution in [0.4, 0.5) is 19.0 Å². The van der Waals surface area contributed by atoms with Gasteiger partial charge in [0.1, 0.15) is 11.5 Å². The van der Waals surface area contributed by atoms with Crippen LogP contribution in [0.15, 0.2) is 61.1 Å². The molecule has 200 valence electrons. The lowest BCUT2D eigenvalue weighted by molar-refractivity contribution is -0.138. The van der Waals surface area contributed by atoms with E-state index in [1.165, 1.54) is 18.3 Å². The summed E-state index contributed by atoms with van der Waals surface area (Å²) in [4.78, 5) is 25.4. The highest BCUT2D eigenvalue weighted by atomic mass is 19.4. The van der Waals surface area contributed by atoms with Crippen LogP contribution in [0, 0.1) is 11.8 Å². The van der Waals surface area contributed by atoms with E-state index in [1.807, 2.05) is 4.90 Å². The third-order valence-electron chi connectivity index (χ3n) is 6.58. The fourth-order valence-corrected chi connectivity index (χ4v) is 4.41. The van der Waals surface area contributed by atoms with Crippen molar-refractivity contribution in [2.24, 2.45) is 0 Å². The number of carbonyl (C=O) groups excluding carboxylic acids is 1. The monoisotopic (exact) mass is 533 g/mol. The molecule has 0 atom stereocenters. The maximum Gasteiger partial charge on any atom is 0.416 e. The summed E-state index contributed by atoms with van der Waals surface area (Å²) in [6.45, 7) is 6.23. The Bertz CT molecular complexity index is 1550. The van der Waals surface area contributed by atoms with Gasteiger partial charge >= 0.3 is 6.18 Å². The van der Waals surface area contributed by atoms with Crippen LogP contribution in [0.2, 0.25) is 0 Å². The van der Waals surface area contributed by atoms with E-state index in [0.29, 0.717) is 30.0 Å². The zero-order chi connectivity index (χ0) is 27.4. The molecule has 1 fully saturated rings. The molecule has 1 aliphatic rings. The predicted octanol–water partition coefficient (Wildman–Crippen LogP) is 3.93. The first-order chi connectivity index (χ1) is 18.8. The number of likely N-dealkylation sites (N-methyl/N-ethyl adjacent to an activating group) is 1. The number of fused-ring (bicyclic) bond motifs is 1. The number of hydrogen-bond donors (Lipinski definition) is 1. The minimum Gasteiger partial charge on any atom is -0.307 e. The molecule has 1 amide bonds. The summed E-state index contributed by atoms with van der Waals surface area (Å²) in [6, 6.07) is 10.5. The quantitative estimate of drug-likeness (QED) is 0.392. The number of carbonyl (C=O) groups is 1. The minimum atomic E-state index is -4.58. The molecule has 4 aromatic rings. The molecule has 1 N–H and O–H groups in total. The molecule has 4 heterocycles. The lowest BCUT2D eigenvalue weighted by atomic mass is 10.0. The number of nitrogens with zero attached hydrogens (tertiary/aromatic N) is 6. The number of imidazole rings is 1. The normalized spacial score (nSPS) is 14.7. The van der Waals surface area contributed by atoms with Gasteiger partial charge in [0.2, 0.25) is 0 Å². The summed E-state index contributed by atoms with van der Waals surface area (Å²) in [5.41, 5.74) is 1.03. The molecule has 0 spiro atoms. The van der Waals surface area contributed by atoms with Gasteiger partial charge in [0.15, 0.2) is 5.65 Å². The molecule has 0 bridgehead atoms. The molecule has 3 aromatic heterocycles. The number of alkyl halides is 3. The molecule has 1 saturated heterocycles. The van der Waals surface area contributed by atoms with Crippen LogP contribution in [0.25, 0.3) is 5.65 Å². The van der Waals surface area contributed by atoms with Crippen LogP contribution in [0.5, 0.6) is 0 Å². The summed E-state index contributed by atoms with van der Waals surface area (Å²) in [5, 5.41) is 6.92. The molecular weight excluding hydrogens is 507 g/mol. The first kappa shape index (κ1) is 26.3. The van der Waals surface area contributed by atoms with Crippen LogP contribution in [0.1, 0.15) is 39.7 Å². The van der Waals surface area contributed by atoms with Crippen LogP contribution in [-0.2, 0) is 12.7 Å². The highest BCUT2D eigenvalue weighted by Crippen LogP contribution is 2.33. The lowest BCUT2D eigenvalue weighted by Gasteiger charge is -2.34. The highest BCUT2D eigenvalue weighted by molar-refractivity contribution is 6.04. The largest absolute Gasteiger partial charge is 0.416 e. The van der Waals surface area contributed by atoms with Gasteiger partial charge in [-0.15, -0.1) is 0 Å². The van der Waals surface area contributed by atoms with Gasteiger partial charge in [0.25, 0.3) is 5.91 Å². The first-order valence-corrected chi connectivity index (χ1v) is 12.5. The Labute approximate surface area is 223 Å². The molecule has 5 rings (SSSR count). The van der Waals surface area contributed by atoms with Gasteiger partial charge in [-0.3, -0.25) is 9.69 Å². The Morgan fingerprint density at radius 3 is 2.54 bits per heavy atom. The number of hydrogen-bond acceptors (Lipinski definition) is 6. The predicted molar refractivity (Wildman–Crippen MR) is 140 cm³/mol. The van der Waals surface area contributed by atoms with Crippen LogP contribution < -0.4 is 5.32 Å². The third kappa shape index (κ3) is 6.42. The average Bonchev–Trinajstić information content (AvgIpc) is 3.40. The summed E-state index contributed by atoms with van der Waals surface area (Å²) in [7, 11) is 0. The van der Waals surface area contributed by atoms with Crippen molar-refractivity contribution < 1.29 is 18.0 Å². The van der Waals surface area contributed by atoms with E-state index in [9.17, 15) is 18.0 Å². The zero-order valence-corrected chi connectivity index (χ0v) is 21.2. The maximum atomic E-state index is 13.9. The summed E-state index contributed by atoms with van der Waals surface area (Å²) in [6.07, 6.45) is 0.231. The molecule has 1 aromatic carbocycles. The topological polar surface area (TPSA) is 78.7 Å². The SMILES string of the molecule is CCN1CCN(Cc2ccc(C(=O)Nc3cc(C#Cc4ccc5nccn5n4)ccn3)cc2C(F)(F)F)CC1. The molecular formula is C28H26F3N7O. The summed E-state index contributed by atoms with van der Waals surface area (Å²) < 4.78 is 43.4. The van der Waals surface area contributed by atoms with Gasteiger partial charge in [-0.1, -0.05) is 18.9 Å². The van der Waals surface area contributed by atoms with E-state index in [-0.39, 0.29) is 23.5 Å². The van der Waals surface area contributed by atoms with Gasteiger partial charge in [0.05, 0.1) is 5.56 Å². The van der Waals surface area contributed by atoms with E-state index < -0.39 is 17.6 Å². The number of benzene rings is 1. The maximum absolute atomic E-state index is 13.9. The Kier molecular flexibility index (Phi) is 7.58. The standard InChI is InChI=1S/C28H26F3N7O/c1-2-36-13-15-37(16-14-36)19-22-5-4-21(18-24(22)28(29,30)31)27(39)34-25-17-20(9-10-32-25)3-6-23-7-8-26-33-11-12-38(26)35-23/h4-5,7-12,17-18H,2,13-16,19H2,1H3,(H,32,34,39). The fourth-order valence-electron chi connectivity index (χ4n) is 4.41. The van der Waals surface area contributed by atoms with E-state index >= 15 is 0 Å². The Morgan fingerprint density at radius 2 is 1.77 bits per heavy atom. The van der Waals surface area contributed by atoms with Crippen molar-refractivity contribution >= 4 is 17.4 Å². The van der Waals surface area contributed by atoms with Gasteiger partial charge in [-0.25, -0.2) is 14.5 Å². The van der Waals surface area contributed by atoms with Gasteiger partial charge in [-0.05, 0) is 54.4 Å². The fraction of sp³-hybridized carbons (Fsp3) is 0.286. The smallest absolute Gasteiger partial charge is 0.307 e.